The maximum Gasteiger partial charge on any atom is 0.416 e. The number of halogens is 4. The third-order valence-electron chi connectivity index (χ3n) is 4.11. The van der Waals surface area contributed by atoms with Crippen molar-refractivity contribution in [3.05, 3.63) is 35.4 Å². The van der Waals surface area contributed by atoms with Gasteiger partial charge < -0.3 is 15.0 Å². The average molecular weight is 471 g/mol. The molecule has 25 heavy (non-hydrogen) atoms. The van der Waals surface area contributed by atoms with Crippen molar-refractivity contribution in [2.45, 2.75) is 19.0 Å². The molecule has 1 aliphatic rings. The normalized spacial score (nSPS) is 18.0. The van der Waals surface area contributed by atoms with Gasteiger partial charge in [-0.05, 0) is 30.5 Å². The predicted molar refractivity (Wildman–Crippen MR) is 103 cm³/mol. The van der Waals surface area contributed by atoms with Crippen molar-refractivity contribution in [2.24, 2.45) is 10.9 Å². The van der Waals surface area contributed by atoms with E-state index in [9.17, 15) is 13.2 Å². The maximum atomic E-state index is 12.5. The molecule has 1 saturated heterocycles. The highest BCUT2D eigenvalue weighted by Crippen LogP contribution is 2.29. The van der Waals surface area contributed by atoms with Crippen LogP contribution >= 0.6 is 24.0 Å². The summed E-state index contributed by atoms with van der Waals surface area (Å²) >= 11 is 0. The van der Waals surface area contributed by atoms with Crippen LogP contribution < -0.4 is 5.32 Å². The lowest BCUT2D eigenvalue weighted by atomic mass is 10.1. The first-order valence-electron chi connectivity index (χ1n) is 8.06. The number of nitrogens with zero attached hydrogens (tertiary/aromatic N) is 2. The second-order valence-electron chi connectivity index (χ2n) is 6.03. The Morgan fingerprint density at radius 1 is 1.32 bits per heavy atom. The Kier molecular flexibility index (Phi) is 8.98. The Morgan fingerprint density at radius 2 is 2.00 bits per heavy atom. The van der Waals surface area contributed by atoms with Crippen molar-refractivity contribution in [3.8, 4) is 0 Å². The summed E-state index contributed by atoms with van der Waals surface area (Å²) in [6.45, 7) is 3.09. The number of hydrogen-bond donors (Lipinski definition) is 1. The Balaban J connectivity index is 0.00000312. The Bertz CT molecular complexity index is 543. The fourth-order valence-electron chi connectivity index (χ4n) is 2.76. The van der Waals surface area contributed by atoms with Gasteiger partial charge in [0.2, 0.25) is 0 Å². The van der Waals surface area contributed by atoms with Crippen LogP contribution in [-0.2, 0) is 17.3 Å². The first-order chi connectivity index (χ1) is 11.4. The summed E-state index contributed by atoms with van der Waals surface area (Å²) in [4.78, 5) is 6.31. The molecule has 4 nitrogen and oxygen atoms in total. The monoisotopic (exact) mass is 471 g/mol. The second-order valence-corrected chi connectivity index (χ2v) is 6.03. The van der Waals surface area contributed by atoms with Gasteiger partial charge in [0.05, 0.1) is 12.2 Å². The molecule has 1 atom stereocenters. The lowest BCUT2D eigenvalue weighted by molar-refractivity contribution is -0.137. The molecule has 1 N–H and O–H groups in total. The maximum absolute atomic E-state index is 12.5. The number of aliphatic imine (C=N–C) groups is 1. The van der Waals surface area contributed by atoms with Crippen molar-refractivity contribution in [3.63, 3.8) is 0 Å². The quantitative estimate of drug-likeness (QED) is 0.407. The fourth-order valence-corrected chi connectivity index (χ4v) is 2.76. The molecule has 0 radical (unpaired) electrons. The highest BCUT2D eigenvalue weighted by atomic mass is 127. The molecule has 0 saturated carbocycles. The van der Waals surface area contributed by atoms with Crippen LogP contribution in [0.3, 0.4) is 0 Å². The molecule has 1 aromatic carbocycles. The molecule has 1 aromatic rings. The molecule has 0 aromatic heterocycles. The van der Waals surface area contributed by atoms with Crippen LogP contribution in [0.4, 0.5) is 13.2 Å². The van der Waals surface area contributed by atoms with E-state index >= 15 is 0 Å². The van der Waals surface area contributed by atoms with Gasteiger partial charge in [-0.15, -0.1) is 24.0 Å². The minimum Gasteiger partial charge on any atom is -0.381 e. The number of guanidine groups is 1. The van der Waals surface area contributed by atoms with Crippen molar-refractivity contribution in [1.82, 2.24) is 10.2 Å². The fraction of sp³-hybridized carbons (Fsp3) is 0.588. The second kappa shape index (κ2) is 10.2. The van der Waals surface area contributed by atoms with Gasteiger partial charge in [-0.2, -0.15) is 13.2 Å². The zero-order valence-electron chi connectivity index (χ0n) is 14.5. The summed E-state index contributed by atoms with van der Waals surface area (Å²) in [5.41, 5.74) is 0.242. The molecule has 0 spiro atoms. The van der Waals surface area contributed by atoms with Crippen LogP contribution in [0.25, 0.3) is 0 Å². The summed E-state index contributed by atoms with van der Waals surface area (Å²) in [7, 11) is 3.70. The molecule has 1 fully saturated rings. The molecule has 142 valence electrons. The van der Waals surface area contributed by atoms with E-state index in [1.807, 2.05) is 7.05 Å². The number of rotatable bonds is 5. The van der Waals surface area contributed by atoms with Gasteiger partial charge >= 0.3 is 6.18 Å². The minimum atomic E-state index is -4.29. The van der Waals surface area contributed by atoms with E-state index in [1.165, 1.54) is 12.1 Å². The summed E-state index contributed by atoms with van der Waals surface area (Å²) in [6.07, 6.45) is -2.59. The minimum absolute atomic E-state index is 0. The van der Waals surface area contributed by atoms with E-state index in [0.717, 1.165) is 49.8 Å². The van der Waals surface area contributed by atoms with E-state index in [-0.39, 0.29) is 24.0 Å². The van der Waals surface area contributed by atoms with Gasteiger partial charge in [0.25, 0.3) is 0 Å². The molecule has 8 heteroatoms. The molecular formula is C17H25F3IN3O. The lowest BCUT2D eigenvalue weighted by Gasteiger charge is -2.24. The first kappa shape index (κ1) is 22.0. The molecule has 1 heterocycles. The van der Waals surface area contributed by atoms with E-state index in [4.69, 9.17) is 4.74 Å². The summed E-state index contributed by atoms with van der Waals surface area (Å²) in [5, 5.41) is 3.25. The van der Waals surface area contributed by atoms with Crippen LogP contribution in [0.1, 0.15) is 17.5 Å². The number of nitrogens with one attached hydrogen (secondary N) is 1. The molecule has 0 bridgehead atoms. The summed E-state index contributed by atoms with van der Waals surface area (Å²) in [6, 6.07) is 5.28. The van der Waals surface area contributed by atoms with E-state index in [2.05, 4.69) is 15.2 Å². The first-order valence-corrected chi connectivity index (χ1v) is 8.06. The number of ether oxygens (including phenoxy) is 1. The van der Waals surface area contributed by atoms with Crippen molar-refractivity contribution < 1.29 is 17.9 Å². The highest BCUT2D eigenvalue weighted by molar-refractivity contribution is 14.0. The van der Waals surface area contributed by atoms with Crippen LogP contribution in [0.5, 0.6) is 0 Å². The summed E-state index contributed by atoms with van der Waals surface area (Å²) < 4.78 is 43.0. The third kappa shape index (κ3) is 7.01. The van der Waals surface area contributed by atoms with Gasteiger partial charge in [-0.3, -0.25) is 4.99 Å². The van der Waals surface area contributed by atoms with E-state index in [1.54, 1.807) is 7.05 Å². The molecule has 1 aliphatic heterocycles. The Morgan fingerprint density at radius 3 is 2.52 bits per heavy atom. The standard InChI is InChI=1S/C17H24F3N3O.HI/c1-21-16(23(2)11-14-8-10-24-12-14)22-9-7-13-3-5-15(6-4-13)17(18,19)20;/h3-6,14H,7-12H2,1-2H3,(H,21,22);1H. The topological polar surface area (TPSA) is 36.9 Å². The largest absolute Gasteiger partial charge is 0.416 e. The van der Waals surface area contributed by atoms with Gasteiger partial charge in [0, 0.05) is 39.7 Å². The number of alkyl halides is 3. The molecule has 2 rings (SSSR count). The number of benzene rings is 1. The number of hydrogen-bond acceptors (Lipinski definition) is 2. The Labute approximate surface area is 163 Å². The zero-order chi connectivity index (χ0) is 17.6. The van der Waals surface area contributed by atoms with Gasteiger partial charge in [-0.1, -0.05) is 12.1 Å². The van der Waals surface area contributed by atoms with E-state index in [0.29, 0.717) is 18.9 Å². The van der Waals surface area contributed by atoms with Gasteiger partial charge in [0.1, 0.15) is 0 Å². The smallest absolute Gasteiger partial charge is 0.381 e. The SMILES string of the molecule is CN=C(NCCc1ccc(C(F)(F)F)cc1)N(C)CC1CCOC1.I. The molecule has 0 amide bonds. The lowest BCUT2D eigenvalue weighted by Crippen LogP contribution is -2.42. The van der Waals surface area contributed by atoms with Gasteiger partial charge in [0.15, 0.2) is 5.96 Å². The molecule has 1 unspecified atom stereocenters. The summed E-state index contributed by atoms with van der Waals surface area (Å²) in [5.74, 6) is 1.30. The highest BCUT2D eigenvalue weighted by Gasteiger charge is 2.29. The van der Waals surface area contributed by atoms with Crippen LogP contribution in [0, 0.1) is 5.92 Å². The van der Waals surface area contributed by atoms with Crippen LogP contribution in [0.2, 0.25) is 0 Å². The van der Waals surface area contributed by atoms with Crippen molar-refractivity contribution in [1.29, 1.82) is 0 Å². The van der Waals surface area contributed by atoms with Crippen molar-refractivity contribution in [2.75, 3.05) is 40.4 Å². The molecular weight excluding hydrogens is 446 g/mol. The van der Waals surface area contributed by atoms with Crippen LogP contribution in [0.15, 0.2) is 29.3 Å². The molecule has 0 aliphatic carbocycles. The predicted octanol–water partition coefficient (Wildman–Crippen LogP) is 3.41. The Hall–Kier alpha value is -1.03. The van der Waals surface area contributed by atoms with Crippen molar-refractivity contribution >= 4 is 29.9 Å². The third-order valence-corrected chi connectivity index (χ3v) is 4.11. The zero-order valence-corrected chi connectivity index (χ0v) is 16.8. The van der Waals surface area contributed by atoms with E-state index < -0.39 is 11.7 Å². The van der Waals surface area contributed by atoms with Gasteiger partial charge in [-0.25, -0.2) is 0 Å². The average Bonchev–Trinajstić information content (AvgIpc) is 3.04. The van der Waals surface area contributed by atoms with Crippen LogP contribution in [-0.4, -0.2) is 51.3 Å².